The van der Waals surface area contributed by atoms with E-state index in [1.54, 1.807) is 12.2 Å². The van der Waals surface area contributed by atoms with E-state index in [-0.39, 0.29) is 24.9 Å². The molecule has 2 rings (SSSR count). The van der Waals surface area contributed by atoms with Crippen LogP contribution in [0.4, 0.5) is 4.39 Å². The van der Waals surface area contributed by atoms with Crippen molar-refractivity contribution in [3.8, 4) is 5.75 Å². The Bertz CT molecular complexity index is 613. The summed E-state index contributed by atoms with van der Waals surface area (Å²) in [5.41, 5.74) is 1.09. The molecule has 4 heteroatoms. The average molecular weight is 377 g/mol. The summed E-state index contributed by atoms with van der Waals surface area (Å²) in [5.74, 6) is 0.195. The summed E-state index contributed by atoms with van der Waals surface area (Å²) in [4.78, 5) is 0. The Kier molecular flexibility index (Phi) is 9.02. The molecule has 5 unspecified atom stereocenters. The van der Waals surface area contributed by atoms with E-state index in [2.05, 4.69) is 19.1 Å². The predicted molar refractivity (Wildman–Crippen MR) is 108 cm³/mol. The molecule has 1 aromatic rings. The summed E-state index contributed by atoms with van der Waals surface area (Å²) in [7, 11) is 0. The molecular weight excluding hydrogens is 343 g/mol. The van der Waals surface area contributed by atoms with Gasteiger partial charge in [-0.3, -0.25) is 0 Å². The molecule has 1 aliphatic carbocycles. The van der Waals surface area contributed by atoms with Gasteiger partial charge in [0.1, 0.15) is 24.6 Å². The molecule has 2 N–H and O–H groups in total. The smallest absolute Gasteiger partial charge is 0.119 e. The van der Waals surface area contributed by atoms with Crippen LogP contribution in [-0.4, -0.2) is 35.2 Å². The lowest BCUT2D eigenvalue weighted by molar-refractivity contribution is 0.124. The molecule has 3 nitrogen and oxygen atoms in total. The van der Waals surface area contributed by atoms with E-state index in [0.29, 0.717) is 12.2 Å². The number of alkyl halides is 1. The first kappa shape index (κ1) is 21.6. The minimum Gasteiger partial charge on any atom is -0.491 e. The number of aryl methyl sites for hydroxylation is 1. The molecule has 0 spiro atoms. The van der Waals surface area contributed by atoms with Crippen molar-refractivity contribution in [2.75, 3.05) is 6.61 Å². The van der Waals surface area contributed by atoms with Gasteiger partial charge in [0.2, 0.25) is 0 Å². The molecule has 0 amide bonds. The highest BCUT2D eigenvalue weighted by Crippen LogP contribution is 2.38. The van der Waals surface area contributed by atoms with Gasteiger partial charge in [0, 0.05) is 12.3 Å². The van der Waals surface area contributed by atoms with Crippen LogP contribution >= 0.6 is 0 Å². The number of benzene rings is 1. The molecule has 0 saturated heterocycles. The second-order valence-corrected chi connectivity index (χ2v) is 7.49. The summed E-state index contributed by atoms with van der Waals surface area (Å²) in [6.45, 7) is 4.25. The first-order chi connectivity index (χ1) is 13.0. The molecule has 150 valence electrons. The summed E-state index contributed by atoms with van der Waals surface area (Å²) in [6, 6.07) is 7.63. The van der Waals surface area contributed by atoms with Gasteiger partial charge in [-0.2, -0.15) is 0 Å². The number of ether oxygens (including phenoxy) is 1. The number of allylic oxidation sites excluding steroid dienone is 3. The molecule has 1 aliphatic rings. The highest BCUT2D eigenvalue weighted by Gasteiger charge is 2.40. The Morgan fingerprint density at radius 3 is 2.89 bits per heavy atom. The van der Waals surface area contributed by atoms with Gasteiger partial charge >= 0.3 is 0 Å². The fourth-order valence-electron chi connectivity index (χ4n) is 3.56. The highest BCUT2D eigenvalue weighted by molar-refractivity contribution is 5.27. The lowest BCUT2D eigenvalue weighted by Gasteiger charge is -2.19. The topological polar surface area (TPSA) is 49.7 Å². The van der Waals surface area contributed by atoms with Crippen molar-refractivity contribution in [3.05, 3.63) is 54.1 Å². The normalized spacial score (nSPS) is 26.9. The maximum absolute atomic E-state index is 14.3. The number of halogens is 1. The Balaban J connectivity index is 1.86. The van der Waals surface area contributed by atoms with Crippen LogP contribution in [0.15, 0.2) is 48.6 Å². The molecule has 27 heavy (non-hydrogen) atoms. The molecule has 1 saturated carbocycles. The summed E-state index contributed by atoms with van der Waals surface area (Å²) in [5, 5.41) is 20.3. The minimum atomic E-state index is -1.07. The molecule has 0 bridgehead atoms. The second-order valence-electron chi connectivity index (χ2n) is 7.49. The maximum atomic E-state index is 14.3. The van der Waals surface area contributed by atoms with Crippen molar-refractivity contribution < 1.29 is 19.3 Å². The molecule has 0 heterocycles. The van der Waals surface area contributed by atoms with Crippen LogP contribution in [0.2, 0.25) is 0 Å². The van der Waals surface area contributed by atoms with Crippen molar-refractivity contribution >= 4 is 0 Å². The molecular formula is C23H33FO3. The lowest BCUT2D eigenvalue weighted by Crippen LogP contribution is -2.20. The molecule has 1 fully saturated rings. The average Bonchev–Trinajstić information content (AvgIpc) is 2.91. The van der Waals surface area contributed by atoms with Crippen molar-refractivity contribution in [3.63, 3.8) is 0 Å². The SMILES string of the molecule is CCCC/C=C/CC1C(O)CC(F)C1/C=C/C(O)COc1cccc(C)c1. The van der Waals surface area contributed by atoms with E-state index in [1.165, 1.54) is 0 Å². The standard InChI is InChI=1S/C23H33FO3/c1-3-4-5-6-7-11-21-20(22(24)15-23(21)26)13-12-18(25)16-27-19-10-8-9-17(2)14-19/h6-10,12-14,18,20-23,25-26H,3-5,11,15-16H2,1-2H3/b7-6+,13-12+. The maximum Gasteiger partial charge on any atom is 0.119 e. The van der Waals surface area contributed by atoms with Gasteiger partial charge in [-0.15, -0.1) is 0 Å². The quantitative estimate of drug-likeness (QED) is 0.457. The fourth-order valence-corrected chi connectivity index (χ4v) is 3.56. The first-order valence-corrected chi connectivity index (χ1v) is 10.0. The zero-order valence-electron chi connectivity index (χ0n) is 16.4. The van der Waals surface area contributed by atoms with E-state index >= 15 is 0 Å². The Morgan fingerprint density at radius 2 is 2.15 bits per heavy atom. The number of aliphatic hydroxyl groups excluding tert-OH is 2. The molecule has 1 aromatic carbocycles. The summed E-state index contributed by atoms with van der Waals surface area (Å²) in [6.07, 6.45) is 9.12. The van der Waals surface area contributed by atoms with Crippen molar-refractivity contribution in [1.29, 1.82) is 0 Å². The van der Waals surface area contributed by atoms with Crippen molar-refractivity contribution in [2.45, 2.75) is 64.3 Å². The first-order valence-electron chi connectivity index (χ1n) is 10.0. The predicted octanol–water partition coefficient (Wildman–Crippen LogP) is 4.76. The van der Waals surface area contributed by atoms with Gasteiger partial charge in [-0.25, -0.2) is 4.39 Å². The van der Waals surface area contributed by atoms with E-state index in [9.17, 15) is 14.6 Å². The van der Waals surface area contributed by atoms with E-state index in [0.717, 1.165) is 24.8 Å². The Hall–Kier alpha value is -1.65. The van der Waals surface area contributed by atoms with Crippen LogP contribution in [0.25, 0.3) is 0 Å². The van der Waals surface area contributed by atoms with E-state index in [1.807, 2.05) is 31.2 Å². The second kappa shape index (κ2) is 11.3. The largest absolute Gasteiger partial charge is 0.491 e. The van der Waals surface area contributed by atoms with Gasteiger partial charge in [0.25, 0.3) is 0 Å². The number of aliphatic hydroxyl groups is 2. The van der Waals surface area contributed by atoms with Gasteiger partial charge in [0.15, 0.2) is 0 Å². The zero-order valence-corrected chi connectivity index (χ0v) is 16.4. The van der Waals surface area contributed by atoms with Crippen LogP contribution in [0, 0.1) is 18.8 Å². The third-order valence-corrected chi connectivity index (χ3v) is 5.14. The lowest BCUT2D eigenvalue weighted by atomic mass is 9.90. The number of unbranched alkanes of at least 4 members (excludes halogenated alkanes) is 2. The van der Waals surface area contributed by atoms with Crippen LogP contribution in [0.3, 0.4) is 0 Å². The van der Waals surface area contributed by atoms with Crippen LogP contribution in [0.5, 0.6) is 5.75 Å². The Morgan fingerprint density at radius 1 is 1.33 bits per heavy atom. The van der Waals surface area contributed by atoms with Crippen LogP contribution < -0.4 is 4.74 Å². The third kappa shape index (κ3) is 7.11. The molecule has 0 radical (unpaired) electrons. The van der Waals surface area contributed by atoms with Crippen LogP contribution in [-0.2, 0) is 0 Å². The van der Waals surface area contributed by atoms with E-state index in [4.69, 9.17) is 4.74 Å². The fraction of sp³-hybridized carbons (Fsp3) is 0.565. The van der Waals surface area contributed by atoms with Crippen molar-refractivity contribution in [2.24, 2.45) is 11.8 Å². The number of hydrogen-bond donors (Lipinski definition) is 2. The molecule has 5 atom stereocenters. The highest BCUT2D eigenvalue weighted by atomic mass is 19.1. The molecule has 0 aromatic heterocycles. The van der Waals surface area contributed by atoms with Crippen LogP contribution in [0.1, 0.15) is 44.6 Å². The Labute approximate surface area is 162 Å². The van der Waals surface area contributed by atoms with Gasteiger partial charge in [-0.1, -0.05) is 56.2 Å². The summed E-state index contributed by atoms with van der Waals surface area (Å²) < 4.78 is 19.9. The van der Waals surface area contributed by atoms with Gasteiger partial charge in [0.05, 0.1) is 6.10 Å². The van der Waals surface area contributed by atoms with E-state index < -0.39 is 18.4 Å². The number of hydrogen-bond acceptors (Lipinski definition) is 3. The third-order valence-electron chi connectivity index (χ3n) is 5.14. The van der Waals surface area contributed by atoms with Crippen molar-refractivity contribution in [1.82, 2.24) is 0 Å². The van der Waals surface area contributed by atoms with Gasteiger partial charge < -0.3 is 14.9 Å². The minimum absolute atomic E-state index is 0.119. The zero-order chi connectivity index (χ0) is 19.6. The summed E-state index contributed by atoms with van der Waals surface area (Å²) >= 11 is 0. The van der Waals surface area contributed by atoms with Gasteiger partial charge in [-0.05, 0) is 43.4 Å². The monoisotopic (exact) mass is 376 g/mol. The molecule has 0 aliphatic heterocycles. The number of rotatable bonds is 10.